The smallest absolute Gasteiger partial charge is 0.298 e. The minimum Gasteiger partial charge on any atom is -0.298 e. The van der Waals surface area contributed by atoms with E-state index in [0.29, 0.717) is 11.6 Å². The Bertz CT molecular complexity index is 409. The van der Waals surface area contributed by atoms with Crippen LogP contribution >= 0.6 is 11.8 Å². The lowest BCUT2D eigenvalue weighted by molar-refractivity contribution is -0.116. The largest absolute Gasteiger partial charge is 0.343 e. The van der Waals surface area contributed by atoms with Gasteiger partial charge in [-0.1, -0.05) is 11.8 Å². The van der Waals surface area contributed by atoms with Crippen LogP contribution in [0.4, 0.5) is 0 Å². The van der Waals surface area contributed by atoms with Crippen LogP contribution in [0.15, 0.2) is 9.95 Å². The average molecular weight is 213 g/mol. The molecular weight excluding hydrogens is 202 g/mol. The quantitative estimate of drug-likeness (QED) is 0.768. The highest BCUT2D eigenvalue weighted by molar-refractivity contribution is 8.00. The molecule has 1 N–H and O–H groups in total. The monoisotopic (exact) mass is 213 g/mol. The van der Waals surface area contributed by atoms with Crippen molar-refractivity contribution in [3.8, 4) is 0 Å². The number of hydrogen-bond acceptors (Lipinski definition) is 4. The number of rotatable bonds is 2. The summed E-state index contributed by atoms with van der Waals surface area (Å²) in [5.41, 5.74) is -0.238. The van der Waals surface area contributed by atoms with E-state index in [0.717, 1.165) is 12.8 Å². The zero-order valence-corrected chi connectivity index (χ0v) is 8.63. The molecule has 0 aliphatic heterocycles. The number of carbonyl (C=O) groups is 1. The molecule has 1 unspecified atom stereocenters. The highest BCUT2D eigenvalue weighted by atomic mass is 32.2. The van der Waals surface area contributed by atoms with Gasteiger partial charge in [-0.2, -0.15) is 0 Å². The van der Waals surface area contributed by atoms with Crippen LogP contribution in [0.3, 0.4) is 0 Å². The van der Waals surface area contributed by atoms with E-state index in [1.54, 1.807) is 7.05 Å². The molecule has 0 bridgehead atoms. The van der Waals surface area contributed by atoms with E-state index in [1.807, 2.05) is 0 Å². The topological polar surface area (TPSA) is 67.8 Å². The minimum atomic E-state index is -0.238. The summed E-state index contributed by atoms with van der Waals surface area (Å²) in [6, 6.07) is 0. The Morgan fingerprint density at radius 1 is 1.57 bits per heavy atom. The van der Waals surface area contributed by atoms with Gasteiger partial charge in [-0.25, -0.2) is 9.89 Å². The van der Waals surface area contributed by atoms with Crippen molar-refractivity contribution >= 4 is 17.5 Å². The standard InChI is InChI=1S/C8H11N3O2S/c1-11-7(13)9-10-8(11)14-6-4-2-3-5(6)12/h6H,2-4H2,1H3,(H,9,13). The zero-order valence-electron chi connectivity index (χ0n) is 7.82. The number of hydrogen-bond donors (Lipinski definition) is 1. The molecule has 14 heavy (non-hydrogen) atoms. The first-order valence-corrected chi connectivity index (χ1v) is 5.37. The molecule has 1 atom stereocenters. The highest BCUT2D eigenvalue weighted by Gasteiger charge is 2.26. The van der Waals surface area contributed by atoms with Gasteiger partial charge in [-0.3, -0.25) is 9.36 Å². The van der Waals surface area contributed by atoms with Gasteiger partial charge in [-0.05, 0) is 12.8 Å². The number of Topliss-reactive ketones (excluding diaryl/α,β-unsaturated/α-hetero) is 1. The van der Waals surface area contributed by atoms with Gasteiger partial charge in [0.15, 0.2) is 5.16 Å². The van der Waals surface area contributed by atoms with Gasteiger partial charge in [0, 0.05) is 13.5 Å². The summed E-state index contributed by atoms with van der Waals surface area (Å²) < 4.78 is 1.43. The van der Waals surface area contributed by atoms with Gasteiger partial charge < -0.3 is 0 Å². The highest BCUT2D eigenvalue weighted by Crippen LogP contribution is 2.30. The fourth-order valence-electron chi connectivity index (χ4n) is 1.47. The van der Waals surface area contributed by atoms with Crippen molar-refractivity contribution < 1.29 is 4.79 Å². The van der Waals surface area contributed by atoms with Crippen LogP contribution in [0.2, 0.25) is 0 Å². The summed E-state index contributed by atoms with van der Waals surface area (Å²) >= 11 is 1.38. The molecule has 0 amide bonds. The fourth-order valence-corrected chi connectivity index (χ4v) is 2.60. The van der Waals surface area contributed by atoms with Crippen LogP contribution < -0.4 is 5.69 Å². The van der Waals surface area contributed by atoms with E-state index in [-0.39, 0.29) is 16.7 Å². The summed E-state index contributed by atoms with van der Waals surface area (Å²) in [6.45, 7) is 0. The van der Waals surface area contributed by atoms with Gasteiger partial charge in [-0.15, -0.1) is 5.10 Å². The molecule has 6 heteroatoms. The summed E-state index contributed by atoms with van der Waals surface area (Å²) in [7, 11) is 1.65. The first-order chi connectivity index (χ1) is 6.68. The summed E-state index contributed by atoms with van der Waals surface area (Å²) in [6.07, 6.45) is 2.51. The number of ketones is 1. The van der Waals surface area contributed by atoms with Gasteiger partial charge >= 0.3 is 5.69 Å². The number of thioether (sulfide) groups is 1. The maximum atomic E-state index is 11.4. The van der Waals surface area contributed by atoms with Crippen LogP contribution in [0, 0.1) is 0 Å². The number of nitrogens with one attached hydrogen (secondary N) is 1. The normalized spacial score (nSPS) is 21.8. The van der Waals surface area contributed by atoms with Crippen molar-refractivity contribution in [3.05, 3.63) is 10.5 Å². The Morgan fingerprint density at radius 3 is 2.86 bits per heavy atom. The average Bonchev–Trinajstić information content (AvgIpc) is 2.68. The lowest BCUT2D eigenvalue weighted by Gasteiger charge is -2.04. The molecule has 1 aromatic rings. The van der Waals surface area contributed by atoms with E-state index < -0.39 is 0 Å². The zero-order chi connectivity index (χ0) is 10.1. The van der Waals surface area contributed by atoms with E-state index >= 15 is 0 Å². The third kappa shape index (κ3) is 1.61. The lowest BCUT2D eigenvalue weighted by atomic mass is 10.3. The number of aromatic amines is 1. The second-order valence-electron chi connectivity index (χ2n) is 3.34. The van der Waals surface area contributed by atoms with E-state index in [9.17, 15) is 9.59 Å². The maximum absolute atomic E-state index is 11.4. The van der Waals surface area contributed by atoms with Crippen molar-refractivity contribution in [1.82, 2.24) is 14.8 Å². The summed E-state index contributed by atoms with van der Waals surface area (Å²) in [5, 5.41) is 6.78. The van der Waals surface area contributed by atoms with Gasteiger partial charge in [0.1, 0.15) is 5.78 Å². The Kier molecular flexibility index (Phi) is 2.45. The predicted molar refractivity (Wildman–Crippen MR) is 52.3 cm³/mol. The molecule has 76 valence electrons. The molecule has 0 aromatic carbocycles. The maximum Gasteiger partial charge on any atom is 0.343 e. The van der Waals surface area contributed by atoms with Crippen LogP contribution in [-0.4, -0.2) is 25.8 Å². The van der Waals surface area contributed by atoms with E-state index in [4.69, 9.17) is 0 Å². The molecular formula is C8H11N3O2S. The Morgan fingerprint density at radius 2 is 2.36 bits per heavy atom. The number of aromatic nitrogens is 3. The number of nitrogens with zero attached hydrogens (tertiary/aromatic N) is 2. The Balaban J connectivity index is 2.14. The third-order valence-corrected chi connectivity index (χ3v) is 3.69. The molecule has 1 aliphatic rings. The third-order valence-electron chi connectivity index (χ3n) is 2.34. The molecule has 0 saturated heterocycles. The molecule has 1 heterocycles. The van der Waals surface area contributed by atoms with Gasteiger partial charge in [0.05, 0.1) is 5.25 Å². The van der Waals surface area contributed by atoms with E-state index in [1.165, 1.54) is 16.3 Å². The van der Waals surface area contributed by atoms with Crippen molar-refractivity contribution in [2.75, 3.05) is 0 Å². The van der Waals surface area contributed by atoms with Gasteiger partial charge in [0.25, 0.3) is 0 Å². The SMILES string of the molecule is Cn1c(SC2CCCC2=O)n[nH]c1=O. The van der Waals surface area contributed by atoms with Crippen molar-refractivity contribution in [2.45, 2.75) is 29.7 Å². The predicted octanol–water partition coefficient (Wildman–Crippen LogP) is 0.322. The van der Waals surface area contributed by atoms with Crippen LogP contribution in [0.1, 0.15) is 19.3 Å². The Labute approximate surface area is 84.9 Å². The van der Waals surface area contributed by atoms with Crippen LogP contribution in [0.25, 0.3) is 0 Å². The van der Waals surface area contributed by atoms with Crippen molar-refractivity contribution in [2.24, 2.45) is 7.05 Å². The molecule has 1 fully saturated rings. The van der Waals surface area contributed by atoms with Crippen molar-refractivity contribution in [1.29, 1.82) is 0 Å². The fraction of sp³-hybridized carbons (Fsp3) is 0.625. The first-order valence-electron chi connectivity index (χ1n) is 4.49. The van der Waals surface area contributed by atoms with Crippen LogP contribution in [-0.2, 0) is 11.8 Å². The van der Waals surface area contributed by atoms with Crippen LogP contribution in [0.5, 0.6) is 0 Å². The summed E-state index contributed by atoms with van der Waals surface area (Å²) in [5.74, 6) is 0.269. The number of carbonyl (C=O) groups excluding carboxylic acids is 1. The summed E-state index contributed by atoms with van der Waals surface area (Å²) in [4.78, 5) is 22.4. The lowest BCUT2D eigenvalue weighted by Crippen LogP contribution is -2.15. The Hall–Kier alpha value is -1.04. The molecule has 5 nitrogen and oxygen atoms in total. The minimum absolute atomic E-state index is 0.0103. The molecule has 0 radical (unpaired) electrons. The number of H-pyrrole nitrogens is 1. The first kappa shape index (κ1) is 9.51. The molecule has 1 aromatic heterocycles. The van der Waals surface area contributed by atoms with Crippen molar-refractivity contribution in [3.63, 3.8) is 0 Å². The molecule has 0 spiro atoms. The van der Waals surface area contributed by atoms with Gasteiger partial charge in [0.2, 0.25) is 0 Å². The molecule has 1 aliphatic carbocycles. The second-order valence-corrected chi connectivity index (χ2v) is 4.51. The molecule has 2 rings (SSSR count). The van der Waals surface area contributed by atoms with E-state index in [2.05, 4.69) is 10.2 Å². The second kappa shape index (κ2) is 3.61. The molecule has 1 saturated carbocycles.